The summed E-state index contributed by atoms with van der Waals surface area (Å²) in [6.07, 6.45) is -1.53. The van der Waals surface area contributed by atoms with E-state index in [1.807, 2.05) is 0 Å². The Balaban J connectivity index is 1.79. The Labute approximate surface area is 246 Å². The first kappa shape index (κ1) is 29.6. The Kier molecular flexibility index (Phi) is 9.73. The molecule has 5 atom stereocenters. The van der Waals surface area contributed by atoms with Crippen LogP contribution >= 0.6 is 57.9 Å². The van der Waals surface area contributed by atoms with Crippen molar-refractivity contribution in [1.29, 1.82) is 0 Å². The Bertz CT molecular complexity index is 1370. The van der Waals surface area contributed by atoms with E-state index in [9.17, 15) is 14.4 Å². The third-order valence-electron chi connectivity index (χ3n) is 5.37. The van der Waals surface area contributed by atoms with Gasteiger partial charge in [-0.1, -0.05) is 51.8 Å². The van der Waals surface area contributed by atoms with E-state index in [0.717, 1.165) is 0 Å². The highest BCUT2D eigenvalue weighted by atomic mass is 35.5. The lowest BCUT2D eigenvalue weighted by Crippen LogP contribution is -2.57. The van der Waals surface area contributed by atoms with Crippen molar-refractivity contribution in [3.05, 3.63) is 44.3 Å². The number of benzene rings is 1. The van der Waals surface area contributed by atoms with Gasteiger partial charge in [0.15, 0.2) is 16.7 Å². The number of halogens is 3. The van der Waals surface area contributed by atoms with Gasteiger partial charge in [0.05, 0.1) is 16.2 Å². The van der Waals surface area contributed by atoms with Crippen LogP contribution in [0.15, 0.2) is 34.7 Å². The normalized spacial score (nSPS) is 22.8. The van der Waals surface area contributed by atoms with E-state index < -0.39 is 47.7 Å². The number of thiazole rings is 1. The number of hydrogen-bond donors (Lipinski definition) is 0. The smallest absolute Gasteiger partial charge is 0.303 e. The molecule has 0 bridgehead atoms. The Morgan fingerprint density at radius 3 is 2.36 bits per heavy atom. The second-order valence-electron chi connectivity index (χ2n) is 8.25. The van der Waals surface area contributed by atoms with Gasteiger partial charge in [0.2, 0.25) is 0 Å². The summed E-state index contributed by atoms with van der Waals surface area (Å²) in [5, 5.41) is 10.8. The monoisotopic (exact) mass is 634 g/mol. The third-order valence-corrected chi connectivity index (χ3v) is 8.22. The minimum absolute atomic E-state index is 0.252. The van der Waals surface area contributed by atoms with Gasteiger partial charge in [0.1, 0.15) is 35.6 Å². The molecule has 11 nitrogen and oxygen atoms in total. The standard InChI is InChI=1S/C23H21Cl3N4O7S2/c1-10(31)34-8-18-20(35-11(2)32)19(30-7-16(28-29-30)17-9-38-23(26)27-17)21(36-12(3)33)22(37-18)39-13-4-5-14(24)15(25)6-13/h4-7,9,18-22H,8H2,1-3H3. The van der Waals surface area contributed by atoms with E-state index in [4.69, 9.17) is 53.8 Å². The molecule has 0 spiro atoms. The highest BCUT2D eigenvalue weighted by Crippen LogP contribution is 2.42. The fourth-order valence-corrected chi connectivity index (χ4v) is 6.14. The van der Waals surface area contributed by atoms with Crippen LogP contribution in [-0.4, -0.2) is 68.2 Å². The Morgan fingerprint density at radius 2 is 1.74 bits per heavy atom. The summed E-state index contributed by atoms with van der Waals surface area (Å²) >= 11 is 20.7. The van der Waals surface area contributed by atoms with Crippen molar-refractivity contribution < 1.29 is 33.3 Å². The zero-order valence-corrected chi connectivity index (χ0v) is 24.5. The predicted octanol–water partition coefficient (Wildman–Crippen LogP) is 4.85. The Hall–Kier alpha value is -2.42. The molecule has 0 amide bonds. The van der Waals surface area contributed by atoms with Gasteiger partial charge in [0.25, 0.3) is 0 Å². The minimum Gasteiger partial charge on any atom is -0.463 e. The topological polar surface area (TPSA) is 132 Å². The second kappa shape index (κ2) is 12.8. The Morgan fingerprint density at radius 1 is 1.03 bits per heavy atom. The lowest BCUT2D eigenvalue weighted by atomic mass is 9.96. The number of hydrogen-bond acceptors (Lipinski definition) is 12. The van der Waals surface area contributed by atoms with Crippen molar-refractivity contribution >= 4 is 75.8 Å². The molecule has 3 heterocycles. The summed E-state index contributed by atoms with van der Waals surface area (Å²) in [6, 6.07) is 4.04. The molecule has 0 aliphatic carbocycles. The molecule has 1 aliphatic rings. The van der Waals surface area contributed by atoms with E-state index in [0.29, 0.717) is 30.8 Å². The summed E-state index contributed by atoms with van der Waals surface area (Å²) < 4.78 is 24.6. The van der Waals surface area contributed by atoms with Gasteiger partial charge in [-0.25, -0.2) is 9.67 Å². The molecular weight excluding hydrogens is 615 g/mol. The van der Waals surface area contributed by atoms with Crippen molar-refractivity contribution in [2.75, 3.05) is 6.61 Å². The summed E-state index contributed by atoms with van der Waals surface area (Å²) in [5.74, 6) is -1.80. The maximum atomic E-state index is 12.3. The number of rotatable bonds is 8. The van der Waals surface area contributed by atoms with Gasteiger partial charge in [-0.3, -0.25) is 14.4 Å². The summed E-state index contributed by atoms with van der Waals surface area (Å²) in [5.41, 5.74) is -0.0162. The van der Waals surface area contributed by atoms with Gasteiger partial charge < -0.3 is 18.9 Å². The molecule has 5 unspecified atom stereocenters. The summed E-state index contributed by atoms with van der Waals surface area (Å²) in [4.78, 5) is 41.0. The van der Waals surface area contributed by atoms with E-state index in [-0.39, 0.29) is 6.61 Å². The number of thioether (sulfide) groups is 1. The molecule has 0 radical (unpaired) electrons. The van der Waals surface area contributed by atoms with Crippen molar-refractivity contribution in [3.8, 4) is 11.4 Å². The van der Waals surface area contributed by atoms with Gasteiger partial charge in [-0.2, -0.15) is 0 Å². The third kappa shape index (κ3) is 7.41. The molecule has 1 aliphatic heterocycles. The lowest BCUT2D eigenvalue weighted by molar-refractivity contribution is -0.212. The number of carbonyl (C=O) groups is 3. The summed E-state index contributed by atoms with van der Waals surface area (Å²) in [6.45, 7) is 3.46. The van der Waals surface area contributed by atoms with Crippen LogP contribution in [-0.2, 0) is 33.3 Å². The first-order valence-corrected chi connectivity index (χ1v) is 14.2. The van der Waals surface area contributed by atoms with Crippen molar-refractivity contribution in [2.45, 2.75) is 55.5 Å². The number of esters is 3. The summed E-state index contributed by atoms with van der Waals surface area (Å²) in [7, 11) is 0. The van der Waals surface area contributed by atoms with Gasteiger partial charge in [-0.15, -0.1) is 16.4 Å². The van der Waals surface area contributed by atoms with Crippen LogP contribution in [0.3, 0.4) is 0 Å². The first-order valence-electron chi connectivity index (χ1n) is 11.3. The van der Waals surface area contributed by atoms with E-state index in [1.54, 1.807) is 29.8 Å². The highest BCUT2D eigenvalue weighted by Gasteiger charge is 2.52. The molecule has 1 fully saturated rings. The molecule has 1 aromatic carbocycles. The van der Waals surface area contributed by atoms with Crippen LogP contribution in [0.2, 0.25) is 14.5 Å². The maximum absolute atomic E-state index is 12.3. The van der Waals surface area contributed by atoms with Gasteiger partial charge in [-0.05, 0) is 18.2 Å². The molecular formula is C23H21Cl3N4O7S2. The van der Waals surface area contributed by atoms with Crippen molar-refractivity contribution in [2.24, 2.45) is 0 Å². The van der Waals surface area contributed by atoms with Crippen molar-refractivity contribution in [1.82, 2.24) is 20.0 Å². The highest BCUT2D eigenvalue weighted by molar-refractivity contribution is 7.99. The minimum atomic E-state index is -1.09. The van der Waals surface area contributed by atoms with Crippen LogP contribution in [0.25, 0.3) is 11.4 Å². The molecule has 3 aromatic rings. The van der Waals surface area contributed by atoms with Gasteiger partial charge in [0, 0.05) is 31.0 Å². The average molecular weight is 636 g/mol. The van der Waals surface area contributed by atoms with Crippen LogP contribution in [0.5, 0.6) is 0 Å². The lowest BCUT2D eigenvalue weighted by Gasteiger charge is -2.44. The van der Waals surface area contributed by atoms with Crippen LogP contribution in [0, 0.1) is 0 Å². The largest absolute Gasteiger partial charge is 0.463 e. The predicted molar refractivity (Wildman–Crippen MR) is 144 cm³/mol. The molecule has 208 valence electrons. The molecule has 1 saturated heterocycles. The van der Waals surface area contributed by atoms with E-state index in [2.05, 4.69) is 15.3 Å². The number of nitrogens with zero attached hydrogens (tertiary/aromatic N) is 4. The number of carbonyl (C=O) groups excluding carboxylic acids is 3. The average Bonchev–Trinajstić information content (AvgIpc) is 3.50. The molecule has 2 aromatic heterocycles. The quantitative estimate of drug-likeness (QED) is 0.249. The van der Waals surface area contributed by atoms with Gasteiger partial charge >= 0.3 is 17.9 Å². The number of ether oxygens (including phenoxy) is 4. The maximum Gasteiger partial charge on any atom is 0.303 e. The molecule has 0 saturated carbocycles. The molecule has 4 rings (SSSR count). The van der Waals surface area contributed by atoms with Crippen LogP contribution in [0.4, 0.5) is 0 Å². The van der Waals surface area contributed by atoms with Crippen LogP contribution in [0.1, 0.15) is 26.8 Å². The fourth-order valence-electron chi connectivity index (χ4n) is 3.87. The first-order chi connectivity index (χ1) is 18.5. The molecule has 39 heavy (non-hydrogen) atoms. The van der Waals surface area contributed by atoms with E-state index in [1.165, 1.54) is 48.6 Å². The zero-order chi connectivity index (χ0) is 28.3. The SMILES string of the molecule is CC(=O)OCC1OC(Sc2ccc(Cl)c(Cl)c2)C(OC(C)=O)C(n2cc(-c3csc(Cl)n3)nn2)C1OC(C)=O. The van der Waals surface area contributed by atoms with Crippen molar-refractivity contribution in [3.63, 3.8) is 0 Å². The molecule has 0 N–H and O–H groups in total. The van der Waals surface area contributed by atoms with E-state index >= 15 is 0 Å². The van der Waals surface area contributed by atoms with Crippen LogP contribution < -0.4 is 0 Å². The molecule has 16 heteroatoms. The zero-order valence-electron chi connectivity index (χ0n) is 20.6. The number of aromatic nitrogens is 4. The fraction of sp³-hybridized carbons (Fsp3) is 0.391. The second-order valence-corrected chi connectivity index (χ2v) is 11.7.